The Kier molecular flexibility index (Phi) is 5.65. The lowest BCUT2D eigenvalue weighted by Crippen LogP contribution is -2.51. The molecular formula is C14H20N2O7. The fraction of sp³-hybridized carbons (Fsp3) is 0.500. The summed E-state index contributed by atoms with van der Waals surface area (Å²) >= 11 is 0. The van der Waals surface area contributed by atoms with Crippen LogP contribution < -0.4 is 0 Å². The molecule has 0 aliphatic carbocycles. The van der Waals surface area contributed by atoms with E-state index < -0.39 is 43.2 Å². The first-order valence-corrected chi connectivity index (χ1v) is 7.00. The molecule has 128 valence electrons. The Labute approximate surface area is 131 Å². The van der Waals surface area contributed by atoms with Gasteiger partial charge in [-0.2, -0.15) is 0 Å². The monoisotopic (exact) mass is 328 g/mol. The summed E-state index contributed by atoms with van der Waals surface area (Å²) in [4.78, 5) is 6.83. The second-order valence-corrected chi connectivity index (χ2v) is 5.30. The average molecular weight is 328 g/mol. The molecule has 0 bridgehead atoms. The number of nitrogens with one attached hydrogen (secondary N) is 1. The molecule has 8 N–H and O–H groups in total. The number of nitrogens with zero attached hydrogens (tertiary/aromatic N) is 1. The van der Waals surface area contributed by atoms with E-state index in [1.165, 1.54) is 0 Å². The predicted octanol–water partition coefficient (Wildman–Crippen LogP) is -2.61. The van der Waals surface area contributed by atoms with Gasteiger partial charge in [0.2, 0.25) is 0 Å². The normalized spacial score (nSPS) is 20.0. The summed E-state index contributed by atoms with van der Waals surface area (Å²) in [5.74, 6) is -0.0258. The minimum absolute atomic E-state index is 0.0258. The van der Waals surface area contributed by atoms with Crippen LogP contribution in [-0.2, 0) is 0 Å². The van der Waals surface area contributed by atoms with Gasteiger partial charge in [0.05, 0.1) is 17.6 Å². The van der Waals surface area contributed by atoms with Crippen molar-refractivity contribution >= 4 is 11.0 Å². The third-order valence-electron chi connectivity index (χ3n) is 3.64. The van der Waals surface area contributed by atoms with Gasteiger partial charge in [0.1, 0.15) is 42.4 Å². The van der Waals surface area contributed by atoms with Gasteiger partial charge in [0.15, 0.2) is 0 Å². The molecule has 9 nitrogen and oxygen atoms in total. The minimum Gasteiger partial charge on any atom is -0.394 e. The summed E-state index contributed by atoms with van der Waals surface area (Å²) in [6.45, 7) is -0.840. The van der Waals surface area contributed by atoms with Crippen molar-refractivity contribution in [3.05, 3.63) is 30.1 Å². The minimum atomic E-state index is -1.98. The van der Waals surface area contributed by atoms with E-state index in [1.54, 1.807) is 24.3 Å². The Morgan fingerprint density at radius 1 is 0.870 bits per heavy atom. The number of aliphatic hydroxyl groups is 7. The fourth-order valence-corrected chi connectivity index (χ4v) is 2.20. The van der Waals surface area contributed by atoms with Gasteiger partial charge < -0.3 is 40.7 Å². The summed E-state index contributed by atoms with van der Waals surface area (Å²) in [5, 5.41) is 67.1. The number of fused-ring (bicyclic) bond motifs is 1. The van der Waals surface area contributed by atoms with Crippen LogP contribution >= 0.6 is 0 Å². The standard InChI is InChI=1S/C14H20N2O7/c17-5-8(18)9(19)10(20)11(21)12(22)13(23)14-15-6-3-1-2-4-7(6)16-14/h1-4,8-13,17-23H,5H2,(H,15,16)/t8-,9-,10-,11-,12-,13+/m1/s1. The summed E-state index contributed by atoms with van der Waals surface area (Å²) in [6.07, 6.45) is -11.1. The van der Waals surface area contributed by atoms with Crippen molar-refractivity contribution < 1.29 is 35.7 Å². The van der Waals surface area contributed by atoms with Crippen LogP contribution in [0, 0.1) is 0 Å². The SMILES string of the molecule is OC[C@@H](O)[C@@H](O)[C@@H](O)[C@@H](O)[C@@H](O)[C@H](O)c1nc2ccccc2[nH]1. The van der Waals surface area contributed by atoms with Gasteiger partial charge in [-0.15, -0.1) is 0 Å². The quantitative estimate of drug-likeness (QED) is 0.273. The number of rotatable bonds is 7. The molecule has 0 fully saturated rings. The number of imidazole rings is 1. The van der Waals surface area contributed by atoms with Crippen molar-refractivity contribution in [2.45, 2.75) is 36.6 Å². The zero-order valence-electron chi connectivity index (χ0n) is 12.1. The number of benzene rings is 1. The Morgan fingerprint density at radius 2 is 1.48 bits per heavy atom. The third-order valence-corrected chi connectivity index (χ3v) is 3.64. The molecule has 2 rings (SSSR count). The molecule has 0 unspecified atom stereocenters. The van der Waals surface area contributed by atoms with E-state index in [-0.39, 0.29) is 5.82 Å². The molecule has 0 radical (unpaired) electrons. The second-order valence-electron chi connectivity index (χ2n) is 5.30. The predicted molar refractivity (Wildman–Crippen MR) is 78.2 cm³/mol. The first-order valence-electron chi connectivity index (χ1n) is 7.00. The van der Waals surface area contributed by atoms with Crippen molar-refractivity contribution in [1.29, 1.82) is 0 Å². The van der Waals surface area contributed by atoms with Crippen molar-refractivity contribution in [1.82, 2.24) is 9.97 Å². The van der Waals surface area contributed by atoms with Crippen molar-refractivity contribution in [2.24, 2.45) is 0 Å². The molecule has 1 heterocycles. The molecule has 0 saturated heterocycles. The van der Waals surface area contributed by atoms with E-state index in [4.69, 9.17) is 5.11 Å². The first kappa shape index (κ1) is 17.8. The molecule has 9 heteroatoms. The molecule has 0 saturated carbocycles. The number of aliphatic hydroxyl groups excluding tert-OH is 7. The topological polar surface area (TPSA) is 170 Å². The van der Waals surface area contributed by atoms with Gasteiger partial charge in [0, 0.05) is 0 Å². The molecule has 1 aromatic carbocycles. The van der Waals surface area contributed by atoms with Gasteiger partial charge in [-0.3, -0.25) is 0 Å². The molecular weight excluding hydrogens is 308 g/mol. The second kappa shape index (κ2) is 7.32. The van der Waals surface area contributed by atoms with E-state index in [9.17, 15) is 30.6 Å². The zero-order valence-corrected chi connectivity index (χ0v) is 12.1. The highest BCUT2D eigenvalue weighted by molar-refractivity contribution is 5.74. The average Bonchev–Trinajstić information content (AvgIpc) is 3.01. The highest BCUT2D eigenvalue weighted by Gasteiger charge is 2.38. The smallest absolute Gasteiger partial charge is 0.140 e. The highest BCUT2D eigenvalue weighted by atomic mass is 16.4. The number of hydrogen-bond acceptors (Lipinski definition) is 8. The zero-order chi connectivity index (χ0) is 17.1. The van der Waals surface area contributed by atoms with Gasteiger partial charge >= 0.3 is 0 Å². The Hall–Kier alpha value is -1.59. The van der Waals surface area contributed by atoms with E-state index in [0.717, 1.165) is 0 Å². The molecule has 0 aliphatic heterocycles. The molecule has 0 amide bonds. The molecule has 0 aliphatic rings. The summed E-state index contributed by atoms with van der Waals surface area (Å²) in [5.41, 5.74) is 1.15. The van der Waals surface area contributed by atoms with Crippen LogP contribution in [0.1, 0.15) is 11.9 Å². The Balaban J connectivity index is 2.13. The van der Waals surface area contributed by atoms with Gasteiger partial charge in [0.25, 0.3) is 0 Å². The molecule has 6 atom stereocenters. The lowest BCUT2D eigenvalue weighted by atomic mass is 9.96. The molecule has 1 aromatic heterocycles. The van der Waals surface area contributed by atoms with Crippen molar-refractivity contribution in [3.63, 3.8) is 0 Å². The molecule has 2 aromatic rings. The van der Waals surface area contributed by atoms with E-state index in [1.807, 2.05) is 0 Å². The van der Waals surface area contributed by atoms with Crippen molar-refractivity contribution in [2.75, 3.05) is 6.61 Å². The van der Waals surface area contributed by atoms with Gasteiger partial charge in [-0.25, -0.2) is 4.98 Å². The maximum Gasteiger partial charge on any atom is 0.140 e. The Bertz CT molecular complexity index is 601. The summed E-state index contributed by atoms with van der Waals surface area (Å²) in [6, 6.07) is 6.87. The lowest BCUT2D eigenvalue weighted by molar-refractivity contribution is -0.159. The number of para-hydroxylation sites is 2. The van der Waals surface area contributed by atoms with Crippen LogP contribution in [0.5, 0.6) is 0 Å². The number of hydrogen-bond donors (Lipinski definition) is 8. The summed E-state index contributed by atoms with van der Waals surface area (Å²) in [7, 11) is 0. The van der Waals surface area contributed by atoms with Crippen LogP contribution in [0.25, 0.3) is 11.0 Å². The Morgan fingerprint density at radius 3 is 2.09 bits per heavy atom. The molecule has 0 spiro atoms. The lowest BCUT2D eigenvalue weighted by Gasteiger charge is -2.29. The molecule has 23 heavy (non-hydrogen) atoms. The summed E-state index contributed by atoms with van der Waals surface area (Å²) < 4.78 is 0. The van der Waals surface area contributed by atoms with Crippen LogP contribution in [-0.4, -0.2) is 82.8 Å². The van der Waals surface area contributed by atoms with Gasteiger partial charge in [-0.1, -0.05) is 12.1 Å². The van der Waals surface area contributed by atoms with Crippen LogP contribution in [0.2, 0.25) is 0 Å². The van der Waals surface area contributed by atoms with Gasteiger partial charge in [-0.05, 0) is 12.1 Å². The highest BCUT2D eigenvalue weighted by Crippen LogP contribution is 2.22. The first-order chi connectivity index (χ1) is 10.9. The third kappa shape index (κ3) is 3.67. The van der Waals surface area contributed by atoms with Crippen LogP contribution in [0.3, 0.4) is 0 Å². The van der Waals surface area contributed by atoms with E-state index >= 15 is 0 Å². The fourth-order valence-electron chi connectivity index (χ4n) is 2.20. The van der Waals surface area contributed by atoms with E-state index in [2.05, 4.69) is 9.97 Å². The van der Waals surface area contributed by atoms with Crippen LogP contribution in [0.4, 0.5) is 0 Å². The number of aromatic amines is 1. The largest absolute Gasteiger partial charge is 0.394 e. The maximum absolute atomic E-state index is 10.1. The van der Waals surface area contributed by atoms with Crippen molar-refractivity contribution in [3.8, 4) is 0 Å². The number of H-pyrrole nitrogens is 1. The van der Waals surface area contributed by atoms with Crippen LogP contribution in [0.15, 0.2) is 24.3 Å². The number of aromatic nitrogens is 2. The van der Waals surface area contributed by atoms with E-state index in [0.29, 0.717) is 11.0 Å². The maximum atomic E-state index is 10.1.